The summed E-state index contributed by atoms with van der Waals surface area (Å²) in [7, 11) is 0. The molecule has 0 radical (unpaired) electrons. The van der Waals surface area contributed by atoms with Gasteiger partial charge in [-0.1, -0.05) is 18.2 Å². The van der Waals surface area contributed by atoms with Crippen molar-refractivity contribution in [3.63, 3.8) is 0 Å². The standard InChI is InChI=1S/C16H24N2O4/c1-5-21-13-9-7-6-8-12(13)10-17-14(19)11-18-15(20)22-16(2,3)4/h6-9H,5,10-11H2,1-4H3,(H,17,19)(H,18,20). The summed E-state index contributed by atoms with van der Waals surface area (Å²) in [4.78, 5) is 23.2. The van der Waals surface area contributed by atoms with Crippen molar-refractivity contribution < 1.29 is 19.1 Å². The van der Waals surface area contributed by atoms with E-state index in [0.29, 0.717) is 13.2 Å². The Labute approximate surface area is 131 Å². The van der Waals surface area contributed by atoms with E-state index in [1.165, 1.54) is 0 Å². The lowest BCUT2D eigenvalue weighted by Crippen LogP contribution is -2.39. The van der Waals surface area contributed by atoms with Crippen LogP contribution in [0.5, 0.6) is 5.75 Å². The van der Waals surface area contributed by atoms with Crippen molar-refractivity contribution in [1.82, 2.24) is 10.6 Å². The highest BCUT2D eigenvalue weighted by Crippen LogP contribution is 2.17. The van der Waals surface area contributed by atoms with Gasteiger partial charge in [0.1, 0.15) is 17.9 Å². The monoisotopic (exact) mass is 308 g/mol. The summed E-state index contributed by atoms with van der Waals surface area (Å²) < 4.78 is 10.5. The van der Waals surface area contributed by atoms with Crippen molar-refractivity contribution in [2.24, 2.45) is 0 Å². The fraction of sp³-hybridized carbons (Fsp3) is 0.500. The molecule has 0 unspecified atom stereocenters. The zero-order valence-electron chi connectivity index (χ0n) is 13.6. The number of carbonyl (C=O) groups is 2. The van der Waals surface area contributed by atoms with Gasteiger partial charge < -0.3 is 20.1 Å². The molecule has 22 heavy (non-hydrogen) atoms. The third-order valence-corrected chi connectivity index (χ3v) is 2.54. The molecule has 0 aromatic heterocycles. The van der Waals surface area contributed by atoms with Gasteiger partial charge in [0, 0.05) is 12.1 Å². The van der Waals surface area contributed by atoms with Gasteiger partial charge in [-0.05, 0) is 33.8 Å². The lowest BCUT2D eigenvalue weighted by molar-refractivity contribution is -0.120. The van der Waals surface area contributed by atoms with Crippen molar-refractivity contribution in [3.05, 3.63) is 29.8 Å². The van der Waals surface area contributed by atoms with E-state index in [4.69, 9.17) is 9.47 Å². The Kier molecular flexibility index (Phi) is 6.69. The van der Waals surface area contributed by atoms with E-state index < -0.39 is 11.7 Å². The Bertz CT molecular complexity index is 509. The number of carbonyl (C=O) groups excluding carboxylic acids is 2. The van der Waals surface area contributed by atoms with Crippen LogP contribution < -0.4 is 15.4 Å². The van der Waals surface area contributed by atoms with Gasteiger partial charge in [0.15, 0.2) is 0 Å². The average molecular weight is 308 g/mol. The third kappa shape index (κ3) is 6.97. The van der Waals surface area contributed by atoms with Crippen LogP contribution in [0.25, 0.3) is 0 Å². The molecular formula is C16H24N2O4. The van der Waals surface area contributed by atoms with Crippen LogP contribution in [0.15, 0.2) is 24.3 Å². The molecule has 0 spiro atoms. The minimum atomic E-state index is -0.614. The number of benzene rings is 1. The SMILES string of the molecule is CCOc1ccccc1CNC(=O)CNC(=O)OC(C)(C)C. The second-order valence-electron chi connectivity index (χ2n) is 5.67. The molecule has 1 aromatic rings. The van der Waals surface area contributed by atoms with Gasteiger partial charge in [0.05, 0.1) is 6.61 Å². The zero-order valence-corrected chi connectivity index (χ0v) is 13.6. The van der Waals surface area contributed by atoms with Crippen molar-refractivity contribution in [3.8, 4) is 5.75 Å². The number of para-hydroxylation sites is 1. The Morgan fingerprint density at radius 3 is 2.45 bits per heavy atom. The van der Waals surface area contributed by atoms with Crippen molar-refractivity contribution in [2.75, 3.05) is 13.2 Å². The Balaban J connectivity index is 2.39. The Hall–Kier alpha value is -2.24. The maximum Gasteiger partial charge on any atom is 0.408 e. The summed E-state index contributed by atoms with van der Waals surface area (Å²) in [5.41, 5.74) is 0.298. The molecule has 0 fully saturated rings. The number of nitrogens with one attached hydrogen (secondary N) is 2. The minimum Gasteiger partial charge on any atom is -0.494 e. The van der Waals surface area contributed by atoms with Crippen LogP contribution in [0.1, 0.15) is 33.3 Å². The first kappa shape index (κ1) is 17.8. The highest BCUT2D eigenvalue weighted by molar-refractivity contribution is 5.82. The van der Waals surface area contributed by atoms with Gasteiger partial charge in [-0.2, -0.15) is 0 Å². The summed E-state index contributed by atoms with van der Waals surface area (Å²) in [6, 6.07) is 7.49. The van der Waals surface area contributed by atoms with Crippen LogP contribution in [0.3, 0.4) is 0 Å². The molecule has 0 heterocycles. The number of alkyl carbamates (subject to hydrolysis) is 1. The second-order valence-corrected chi connectivity index (χ2v) is 5.67. The first-order chi connectivity index (χ1) is 10.3. The fourth-order valence-corrected chi connectivity index (χ4v) is 1.67. The molecule has 1 rings (SSSR count). The van der Waals surface area contributed by atoms with Gasteiger partial charge in [-0.15, -0.1) is 0 Å². The molecular weight excluding hydrogens is 284 g/mol. The molecule has 122 valence electrons. The number of rotatable bonds is 6. The van der Waals surface area contributed by atoms with Gasteiger partial charge >= 0.3 is 6.09 Å². The smallest absolute Gasteiger partial charge is 0.408 e. The average Bonchev–Trinajstić information content (AvgIpc) is 2.43. The first-order valence-corrected chi connectivity index (χ1v) is 7.26. The van der Waals surface area contributed by atoms with Crippen molar-refractivity contribution >= 4 is 12.0 Å². The molecule has 0 saturated carbocycles. The van der Waals surface area contributed by atoms with E-state index in [9.17, 15) is 9.59 Å². The summed E-state index contributed by atoms with van der Waals surface area (Å²) in [5, 5.41) is 5.14. The molecule has 1 aromatic carbocycles. The van der Waals surface area contributed by atoms with E-state index in [1.807, 2.05) is 31.2 Å². The molecule has 0 aliphatic rings. The fourth-order valence-electron chi connectivity index (χ4n) is 1.67. The molecule has 0 saturated heterocycles. The molecule has 0 aliphatic heterocycles. The van der Waals surface area contributed by atoms with E-state index >= 15 is 0 Å². The van der Waals surface area contributed by atoms with E-state index in [-0.39, 0.29) is 12.5 Å². The Morgan fingerprint density at radius 1 is 1.14 bits per heavy atom. The predicted molar refractivity (Wildman–Crippen MR) is 83.7 cm³/mol. The summed E-state index contributed by atoms with van der Waals surface area (Å²) in [5.74, 6) is 0.447. The van der Waals surface area contributed by atoms with Gasteiger partial charge in [0.2, 0.25) is 5.91 Å². The quantitative estimate of drug-likeness (QED) is 0.845. The van der Waals surface area contributed by atoms with Crippen molar-refractivity contribution in [2.45, 2.75) is 39.8 Å². The second kappa shape index (κ2) is 8.26. The van der Waals surface area contributed by atoms with Gasteiger partial charge in [-0.25, -0.2) is 4.79 Å². The summed E-state index contributed by atoms with van der Waals surface area (Å²) >= 11 is 0. The van der Waals surface area contributed by atoms with Crippen LogP contribution in [-0.2, 0) is 16.1 Å². The van der Waals surface area contributed by atoms with Crippen LogP contribution >= 0.6 is 0 Å². The largest absolute Gasteiger partial charge is 0.494 e. The highest BCUT2D eigenvalue weighted by atomic mass is 16.6. The molecule has 6 nitrogen and oxygen atoms in total. The van der Waals surface area contributed by atoms with Gasteiger partial charge in [0.25, 0.3) is 0 Å². The topological polar surface area (TPSA) is 76.7 Å². The lowest BCUT2D eigenvalue weighted by Gasteiger charge is -2.19. The number of amides is 2. The number of hydrogen-bond donors (Lipinski definition) is 2. The molecule has 2 N–H and O–H groups in total. The number of hydrogen-bond acceptors (Lipinski definition) is 4. The minimum absolute atomic E-state index is 0.133. The predicted octanol–water partition coefficient (Wildman–Crippen LogP) is 2.23. The zero-order chi connectivity index (χ0) is 16.6. The maximum atomic E-state index is 11.7. The van der Waals surface area contributed by atoms with Crippen LogP contribution in [0.4, 0.5) is 4.79 Å². The van der Waals surface area contributed by atoms with Crippen molar-refractivity contribution in [1.29, 1.82) is 0 Å². The summed E-state index contributed by atoms with van der Waals surface area (Å²) in [6.07, 6.45) is -0.614. The molecule has 0 aliphatic carbocycles. The molecule has 6 heteroatoms. The van der Waals surface area contributed by atoms with Crippen LogP contribution in [-0.4, -0.2) is 30.8 Å². The Morgan fingerprint density at radius 2 is 1.82 bits per heavy atom. The van der Waals surface area contributed by atoms with Crippen LogP contribution in [0, 0.1) is 0 Å². The third-order valence-electron chi connectivity index (χ3n) is 2.54. The van der Waals surface area contributed by atoms with E-state index in [2.05, 4.69) is 10.6 Å². The lowest BCUT2D eigenvalue weighted by atomic mass is 10.2. The number of ether oxygens (including phenoxy) is 2. The first-order valence-electron chi connectivity index (χ1n) is 7.26. The molecule has 0 bridgehead atoms. The van der Waals surface area contributed by atoms with Crippen LogP contribution in [0.2, 0.25) is 0 Å². The maximum absolute atomic E-state index is 11.7. The van der Waals surface area contributed by atoms with E-state index in [1.54, 1.807) is 20.8 Å². The normalized spacial score (nSPS) is 10.7. The van der Waals surface area contributed by atoms with Gasteiger partial charge in [-0.3, -0.25) is 4.79 Å². The molecule has 2 amide bonds. The van der Waals surface area contributed by atoms with E-state index in [0.717, 1.165) is 11.3 Å². The molecule has 0 atom stereocenters. The highest BCUT2D eigenvalue weighted by Gasteiger charge is 2.16. The summed E-state index contributed by atoms with van der Waals surface area (Å²) in [6.45, 7) is 7.95.